The summed E-state index contributed by atoms with van der Waals surface area (Å²) in [4.78, 5) is 38.6. The minimum atomic E-state index is -0.879. The van der Waals surface area contributed by atoms with Gasteiger partial charge in [-0.3, -0.25) is 19.5 Å². The fourth-order valence-electron chi connectivity index (χ4n) is 3.28. The highest BCUT2D eigenvalue weighted by Crippen LogP contribution is 2.30. The summed E-state index contributed by atoms with van der Waals surface area (Å²) in [7, 11) is 3.93. The van der Waals surface area contributed by atoms with Gasteiger partial charge in [-0.15, -0.1) is 0 Å². The van der Waals surface area contributed by atoms with Crippen LogP contribution in [0.25, 0.3) is 16.7 Å². The molecular formula is C22H21Cl2N7O3. The predicted octanol–water partition coefficient (Wildman–Crippen LogP) is 3.35. The van der Waals surface area contributed by atoms with Gasteiger partial charge in [-0.2, -0.15) is 0 Å². The van der Waals surface area contributed by atoms with Gasteiger partial charge in [-0.1, -0.05) is 29.3 Å². The molecule has 2 aromatic carbocycles. The first kappa shape index (κ1) is 23.6. The number of imidazole rings is 2. The molecule has 2 aromatic heterocycles. The van der Waals surface area contributed by atoms with Gasteiger partial charge < -0.3 is 20.4 Å². The largest absolute Gasteiger partial charge is 0.492 e. The lowest BCUT2D eigenvalue weighted by Crippen LogP contribution is -2.23. The number of nitrogens with two attached hydrogens (primary N) is 1. The number of fused-ring (bicyclic) bond motifs is 1. The number of aromatic nitrogens is 4. The van der Waals surface area contributed by atoms with E-state index in [4.69, 9.17) is 33.7 Å². The number of primary amides is 1. The maximum Gasteiger partial charge on any atom is 0.277 e. The van der Waals surface area contributed by atoms with Crippen molar-refractivity contribution in [3.05, 3.63) is 64.2 Å². The van der Waals surface area contributed by atoms with Crippen LogP contribution in [0.3, 0.4) is 0 Å². The molecule has 4 rings (SSSR count). The van der Waals surface area contributed by atoms with Crippen LogP contribution in [0.2, 0.25) is 10.0 Å². The number of carbonyl (C=O) groups excluding carboxylic acids is 2. The van der Waals surface area contributed by atoms with Crippen molar-refractivity contribution in [3.63, 3.8) is 0 Å². The molecule has 0 fully saturated rings. The zero-order chi connectivity index (χ0) is 24.4. The quantitative estimate of drug-likeness (QED) is 0.339. The van der Waals surface area contributed by atoms with Gasteiger partial charge in [0.2, 0.25) is 5.95 Å². The van der Waals surface area contributed by atoms with Gasteiger partial charge in [0, 0.05) is 12.6 Å². The van der Waals surface area contributed by atoms with E-state index in [1.54, 1.807) is 36.4 Å². The van der Waals surface area contributed by atoms with Gasteiger partial charge in [-0.05, 0) is 38.4 Å². The highest BCUT2D eigenvalue weighted by Gasteiger charge is 2.26. The minimum absolute atomic E-state index is 0.129. The number of halogens is 2. The Morgan fingerprint density at radius 1 is 1.21 bits per heavy atom. The summed E-state index contributed by atoms with van der Waals surface area (Å²) in [5.41, 5.74) is 6.66. The summed E-state index contributed by atoms with van der Waals surface area (Å²) >= 11 is 12.6. The fraction of sp³-hybridized carbons (Fsp3) is 0.182. The third kappa shape index (κ3) is 4.84. The van der Waals surface area contributed by atoms with Crippen LogP contribution in [0.5, 0.6) is 5.75 Å². The third-order valence-electron chi connectivity index (χ3n) is 4.89. The molecule has 34 heavy (non-hydrogen) atoms. The Kier molecular flexibility index (Phi) is 6.73. The van der Waals surface area contributed by atoms with Crippen molar-refractivity contribution in [3.8, 4) is 11.4 Å². The van der Waals surface area contributed by atoms with E-state index in [1.807, 2.05) is 19.0 Å². The van der Waals surface area contributed by atoms with Crippen LogP contribution >= 0.6 is 23.2 Å². The van der Waals surface area contributed by atoms with Crippen molar-refractivity contribution in [2.75, 3.05) is 32.6 Å². The SMILES string of the molecule is CN(C)CCOc1ccc2nc(NC(=O)c3c(C(N)=O)ncn3-c3c(Cl)cccc3Cl)[nH]c2c1. The number of nitrogens with one attached hydrogen (secondary N) is 2. The number of benzene rings is 2. The lowest BCUT2D eigenvalue weighted by atomic mass is 10.2. The fourth-order valence-corrected chi connectivity index (χ4v) is 3.86. The molecule has 0 bridgehead atoms. The number of carbonyl (C=O) groups is 2. The highest BCUT2D eigenvalue weighted by molar-refractivity contribution is 6.37. The number of aromatic amines is 1. The Morgan fingerprint density at radius 3 is 2.62 bits per heavy atom. The molecule has 0 saturated heterocycles. The first-order chi connectivity index (χ1) is 16.2. The van der Waals surface area contributed by atoms with Crippen LogP contribution in [0.4, 0.5) is 5.95 Å². The second-order valence-corrected chi connectivity index (χ2v) is 8.43. The van der Waals surface area contributed by atoms with Crippen molar-refractivity contribution in [2.45, 2.75) is 0 Å². The Labute approximate surface area is 204 Å². The molecule has 2 heterocycles. The van der Waals surface area contributed by atoms with Crippen LogP contribution in [0.15, 0.2) is 42.7 Å². The number of likely N-dealkylation sites (N-methyl/N-ethyl adjacent to an activating group) is 1. The summed E-state index contributed by atoms with van der Waals surface area (Å²) < 4.78 is 7.06. The molecule has 0 saturated carbocycles. The molecule has 4 aromatic rings. The maximum absolute atomic E-state index is 13.2. The zero-order valence-electron chi connectivity index (χ0n) is 18.3. The second-order valence-electron chi connectivity index (χ2n) is 7.62. The number of ether oxygens (including phenoxy) is 1. The molecule has 2 amide bonds. The maximum atomic E-state index is 13.2. The van der Waals surface area contributed by atoms with Crippen molar-refractivity contribution in [1.82, 2.24) is 24.4 Å². The first-order valence-corrected chi connectivity index (χ1v) is 10.9. The molecule has 0 aliphatic rings. The van der Waals surface area contributed by atoms with E-state index in [1.165, 1.54) is 10.9 Å². The predicted molar refractivity (Wildman–Crippen MR) is 130 cm³/mol. The van der Waals surface area contributed by atoms with Crippen LogP contribution < -0.4 is 15.8 Å². The Balaban J connectivity index is 1.64. The van der Waals surface area contributed by atoms with E-state index < -0.39 is 11.8 Å². The average Bonchev–Trinajstić information content (AvgIpc) is 3.37. The molecule has 0 aliphatic carbocycles. The van der Waals surface area contributed by atoms with E-state index in [0.29, 0.717) is 29.1 Å². The Morgan fingerprint density at radius 2 is 1.94 bits per heavy atom. The molecule has 12 heteroatoms. The van der Waals surface area contributed by atoms with Gasteiger partial charge in [0.05, 0.1) is 26.8 Å². The van der Waals surface area contributed by atoms with Gasteiger partial charge in [0.1, 0.15) is 24.4 Å². The number of anilines is 1. The minimum Gasteiger partial charge on any atom is -0.492 e. The lowest BCUT2D eigenvalue weighted by molar-refractivity contribution is 0.0970. The lowest BCUT2D eigenvalue weighted by Gasteiger charge is -2.12. The van der Waals surface area contributed by atoms with Crippen LogP contribution in [0.1, 0.15) is 21.0 Å². The summed E-state index contributed by atoms with van der Waals surface area (Å²) in [6.07, 6.45) is 1.26. The summed E-state index contributed by atoms with van der Waals surface area (Å²) in [5.74, 6) is -0.725. The van der Waals surface area contributed by atoms with E-state index in [-0.39, 0.29) is 27.4 Å². The number of H-pyrrole nitrogens is 1. The highest BCUT2D eigenvalue weighted by atomic mass is 35.5. The summed E-state index contributed by atoms with van der Waals surface area (Å²) in [5, 5.41) is 3.18. The normalized spacial score (nSPS) is 11.2. The molecule has 0 spiro atoms. The number of para-hydroxylation sites is 1. The van der Waals surface area contributed by atoms with Crippen molar-refractivity contribution < 1.29 is 14.3 Å². The first-order valence-electron chi connectivity index (χ1n) is 10.1. The number of nitrogens with zero attached hydrogens (tertiary/aromatic N) is 4. The van der Waals surface area contributed by atoms with E-state index in [0.717, 1.165) is 6.54 Å². The van der Waals surface area contributed by atoms with Crippen molar-refractivity contribution >= 4 is 52.0 Å². The molecule has 176 valence electrons. The van der Waals surface area contributed by atoms with E-state index in [2.05, 4.69) is 20.3 Å². The third-order valence-corrected chi connectivity index (χ3v) is 5.50. The molecular weight excluding hydrogens is 481 g/mol. The monoisotopic (exact) mass is 501 g/mol. The summed E-state index contributed by atoms with van der Waals surface area (Å²) in [6.45, 7) is 1.30. The second kappa shape index (κ2) is 9.72. The van der Waals surface area contributed by atoms with Crippen molar-refractivity contribution in [1.29, 1.82) is 0 Å². The number of hydrogen-bond donors (Lipinski definition) is 3. The number of hydrogen-bond acceptors (Lipinski definition) is 6. The van der Waals surface area contributed by atoms with Crippen LogP contribution in [-0.4, -0.2) is 63.5 Å². The average molecular weight is 502 g/mol. The Hall–Kier alpha value is -3.60. The van der Waals surface area contributed by atoms with Gasteiger partial charge in [-0.25, -0.2) is 9.97 Å². The molecule has 0 unspecified atom stereocenters. The molecule has 0 atom stereocenters. The standard InChI is InChI=1S/C22H21Cl2N7O3/c1-30(2)8-9-34-12-6-7-15-16(10-12)28-22(27-15)29-21(33)19-17(20(25)32)26-11-31(19)18-13(23)4-3-5-14(18)24/h3-7,10-11H,8-9H2,1-2H3,(H2,25,32)(H2,27,28,29,33). The summed E-state index contributed by atoms with van der Waals surface area (Å²) in [6, 6.07) is 10.2. The molecule has 0 aliphatic heterocycles. The number of amides is 2. The van der Waals surface area contributed by atoms with Crippen LogP contribution in [0, 0.1) is 0 Å². The molecule has 10 nitrogen and oxygen atoms in total. The number of rotatable bonds is 8. The molecule has 4 N–H and O–H groups in total. The van der Waals surface area contributed by atoms with E-state index >= 15 is 0 Å². The van der Waals surface area contributed by atoms with Gasteiger partial charge >= 0.3 is 0 Å². The molecule has 0 radical (unpaired) electrons. The van der Waals surface area contributed by atoms with E-state index in [9.17, 15) is 9.59 Å². The Bertz CT molecular complexity index is 1360. The smallest absolute Gasteiger partial charge is 0.277 e. The van der Waals surface area contributed by atoms with Crippen LogP contribution in [-0.2, 0) is 0 Å². The topological polar surface area (TPSA) is 131 Å². The van der Waals surface area contributed by atoms with Crippen molar-refractivity contribution in [2.24, 2.45) is 5.73 Å². The van der Waals surface area contributed by atoms with Gasteiger partial charge in [0.15, 0.2) is 5.69 Å². The zero-order valence-corrected chi connectivity index (χ0v) is 19.8. The van der Waals surface area contributed by atoms with Gasteiger partial charge in [0.25, 0.3) is 11.8 Å².